The fourth-order valence-corrected chi connectivity index (χ4v) is 7.99. The second-order valence-electron chi connectivity index (χ2n) is 13.0. The van der Waals surface area contributed by atoms with E-state index in [1.807, 2.05) is 0 Å². The standard InChI is InChI=1S/C32H40O12/c1-7-40-28(38)42-23-22-16(2)19(34)14-32(39,29(22,4)5)26(43-27(37)18-11-9-8-10-12-18)24-30(6,25(23)36)20(35)13-21-31(24,15-41-21)44-17(3)33/h8-12,19-21,23-24,26,34-35,39H,7,13-15H2,1-6H3/t19-,20-,21+,23?,24?,26-,30+,31-,32+/m0/s1. The van der Waals surface area contributed by atoms with Gasteiger partial charge in [0.05, 0.1) is 42.3 Å². The number of hydrogen-bond donors (Lipinski definition) is 3. The molecule has 12 nitrogen and oxygen atoms in total. The smallest absolute Gasteiger partial charge is 0.455 e. The molecule has 2 bridgehead atoms. The fourth-order valence-electron chi connectivity index (χ4n) is 7.99. The molecule has 5 rings (SSSR count). The lowest BCUT2D eigenvalue weighted by Crippen LogP contribution is -2.81. The molecule has 1 aromatic rings. The first kappa shape index (κ1) is 32.1. The minimum atomic E-state index is -2.15. The number of carbonyl (C=O) groups is 4. The van der Waals surface area contributed by atoms with Crippen molar-refractivity contribution in [2.45, 2.75) is 96.1 Å². The van der Waals surface area contributed by atoms with Crippen molar-refractivity contribution in [3.8, 4) is 0 Å². The molecule has 3 fully saturated rings. The number of benzene rings is 1. The van der Waals surface area contributed by atoms with E-state index in [1.54, 1.807) is 45.9 Å². The van der Waals surface area contributed by atoms with Gasteiger partial charge in [0.15, 0.2) is 17.5 Å². The first-order valence-electron chi connectivity index (χ1n) is 14.8. The van der Waals surface area contributed by atoms with Crippen LogP contribution in [-0.2, 0) is 33.3 Å². The summed E-state index contributed by atoms with van der Waals surface area (Å²) in [6.45, 7) is 8.67. The Balaban J connectivity index is 1.82. The van der Waals surface area contributed by atoms with Crippen molar-refractivity contribution in [1.29, 1.82) is 0 Å². The Morgan fingerprint density at radius 3 is 2.30 bits per heavy atom. The lowest BCUT2D eigenvalue weighted by Gasteiger charge is -2.67. The Hall–Kier alpha value is -3.32. The quantitative estimate of drug-likeness (QED) is 0.250. The molecule has 0 amide bonds. The third-order valence-corrected chi connectivity index (χ3v) is 10.4. The molecule has 1 aromatic carbocycles. The normalized spacial score (nSPS) is 39.0. The van der Waals surface area contributed by atoms with Crippen LogP contribution in [0.5, 0.6) is 0 Å². The third kappa shape index (κ3) is 4.48. The summed E-state index contributed by atoms with van der Waals surface area (Å²) in [6, 6.07) is 8.02. The molecule has 1 saturated heterocycles. The Kier molecular flexibility index (Phi) is 7.97. The van der Waals surface area contributed by atoms with Crippen LogP contribution < -0.4 is 0 Å². The van der Waals surface area contributed by atoms with Crippen molar-refractivity contribution in [2.75, 3.05) is 13.2 Å². The summed E-state index contributed by atoms with van der Waals surface area (Å²) >= 11 is 0. The summed E-state index contributed by atoms with van der Waals surface area (Å²) < 4.78 is 28.6. The highest BCUT2D eigenvalue weighted by molar-refractivity contribution is 5.95. The number of carbonyl (C=O) groups excluding carboxylic acids is 4. The maximum atomic E-state index is 14.9. The summed E-state index contributed by atoms with van der Waals surface area (Å²) in [5, 5.41) is 36.0. The number of Topliss-reactive ketones (excluding diaryl/α,β-unsaturated/α-hetero) is 1. The van der Waals surface area contributed by atoms with Gasteiger partial charge in [0.1, 0.15) is 17.8 Å². The Morgan fingerprint density at radius 1 is 1.07 bits per heavy atom. The number of aliphatic hydroxyl groups excluding tert-OH is 2. The zero-order valence-electron chi connectivity index (χ0n) is 25.7. The van der Waals surface area contributed by atoms with Gasteiger partial charge >= 0.3 is 18.1 Å². The van der Waals surface area contributed by atoms with Gasteiger partial charge in [-0.2, -0.15) is 0 Å². The highest BCUT2D eigenvalue weighted by atomic mass is 16.7. The van der Waals surface area contributed by atoms with E-state index in [0.717, 1.165) is 0 Å². The van der Waals surface area contributed by atoms with Crippen molar-refractivity contribution in [3.05, 3.63) is 47.0 Å². The van der Waals surface area contributed by atoms with E-state index in [0.29, 0.717) is 0 Å². The maximum absolute atomic E-state index is 14.9. The van der Waals surface area contributed by atoms with E-state index in [2.05, 4.69) is 0 Å². The molecule has 0 radical (unpaired) electrons. The molecule has 2 saturated carbocycles. The van der Waals surface area contributed by atoms with Crippen LogP contribution in [0.4, 0.5) is 4.79 Å². The lowest BCUT2D eigenvalue weighted by molar-refractivity contribution is -0.345. The van der Waals surface area contributed by atoms with Crippen molar-refractivity contribution >= 4 is 23.9 Å². The second-order valence-corrected chi connectivity index (χ2v) is 13.0. The van der Waals surface area contributed by atoms with E-state index in [4.69, 9.17) is 23.7 Å². The van der Waals surface area contributed by atoms with Gasteiger partial charge in [0.2, 0.25) is 0 Å². The van der Waals surface area contributed by atoms with Crippen LogP contribution in [-0.4, -0.2) is 94.1 Å². The highest BCUT2D eigenvalue weighted by Gasteiger charge is 2.78. The Labute approximate surface area is 255 Å². The predicted molar refractivity (Wildman–Crippen MR) is 151 cm³/mol. The predicted octanol–water partition coefficient (Wildman–Crippen LogP) is 2.26. The number of rotatable bonds is 5. The van der Waals surface area contributed by atoms with Crippen LogP contribution in [0.3, 0.4) is 0 Å². The molecule has 3 aliphatic carbocycles. The van der Waals surface area contributed by atoms with E-state index in [-0.39, 0.29) is 42.8 Å². The number of ketones is 1. The fraction of sp³-hybridized carbons (Fsp3) is 0.625. The summed E-state index contributed by atoms with van der Waals surface area (Å²) in [5.41, 5.74) is -6.69. The van der Waals surface area contributed by atoms with Crippen LogP contribution in [0.1, 0.15) is 64.7 Å². The van der Waals surface area contributed by atoms with E-state index in [1.165, 1.54) is 26.0 Å². The average Bonchev–Trinajstić information content (AvgIpc) is 2.95. The van der Waals surface area contributed by atoms with Gasteiger partial charge in [0.25, 0.3) is 0 Å². The SMILES string of the molecule is CCOC(=O)OC1C(=O)[C@@]2(C)C([C@H](OC(=O)c3ccccc3)[C@]3(O)C[C@H](O)C(C)=C1C3(C)C)[C@]1(OC(C)=O)CO[C@@H]1C[C@@H]2O. The molecule has 1 heterocycles. The molecule has 4 aliphatic rings. The summed E-state index contributed by atoms with van der Waals surface area (Å²) in [5.74, 6) is -3.76. The van der Waals surface area contributed by atoms with Crippen LogP contribution >= 0.6 is 0 Å². The van der Waals surface area contributed by atoms with Crippen LogP contribution in [0, 0.1) is 16.7 Å². The van der Waals surface area contributed by atoms with Crippen molar-refractivity contribution < 1.29 is 58.2 Å². The summed E-state index contributed by atoms with van der Waals surface area (Å²) in [4.78, 5) is 54.1. The molecular weight excluding hydrogens is 576 g/mol. The molecule has 3 N–H and O–H groups in total. The van der Waals surface area contributed by atoms with Gasteiger partial charge in [0, 0.05) is 25.2 Å². The van der Waals surface area contributed by atoms with Crippen molar-refractivity contribution in [2.24, 2.45) is 16.7 Å². The molecule has 0 spiro atoms. The lowest BCUT2D eigenvalue weighted by atomic mass is 9.44. The third-order valence-electron chi connectivity index (χ3n) is 10.4. The monoisotopic (exact) mass is 616 g/mol. The summed E-state index contributed by atoms with van der Waals surface area (Å²) in [6.07, 6.45) is -8.75. The van der Waals surface area contributed by atoms with Gasteiger partial charge in [-0.1, -0.05) is 32.0 Å². The average molecular weight is 617 g/mol. The van der Waals surface area contributed by atoms with E-state index < -0.39 is 82.3 Å². The first-order chi connectivity index (χ1) is 20.6. The van der Waals surface area contributed by atoms with Gasteiger partial charge in [-0.3, -0.25) is 9.59 Å². The second kappa shape index (κ2) is 10.9. The number of ether oxygens (including phenoxy) is 5. The van der Waals surface area contributed by atoms with Crippen molar-refractivity contribution in [3.63, 3.8) is 0 Å². The Bertz CT molecular complexity index is 1390. The molecule has 0 aromatic heterocycles. The zero-order valence-corrected chi connectivity index (χ0v) is 25.7. The van der Waals surface area contributed by atoms with Gasteiger partial charge < -0.3 is 39.0 Å². The van der Waals surface area contributed by atoms with Gasteiger partial charge in [-0.25, -0.2) is 9.59 Å². The maximum Gasteiger partial charge on any atom is 0.509 e. The number of fused-ring (bicyclic) bond motifs is 5. The largest absolute Gasteiger partial charge is 0.509 e. The Morgan fingerprint density at radius 2 is 1.73 bits per heavy atom. The minimum absolute atomic E-state index is 0.0532. The number of esters is 2. The van der Waals surface area contributed by atoms with Gasteiger partial charge in [-0.15, -0.1) is 0 Å². The summed E-state index contributed by atoms with van der Waals surface area (Å²) in [7, 11) is 0. The first-order valence-corrected chi connectivity index (χ1v) is 14.8. The van der Waals surface area contributed by atoms with Crippen LogP contribution in [0.25, 0.3) is 0 Å². The minimum Gasteiger partial charge on any atom is -0.455 e. The molecule has 9 atom stereocenters. The molecule has 1 aliphatic heterocycles. The molecule has 44 heavy (non-hydrogen) atoms. The van der Waals surface area contributed by atoms with Gasteiger partial charge in [-0.05, 0) is 44.1 Å². The number of hydrogen-bond acceptors (Lipinski definition) is 12. The van der Waals surface area contributed by atoms with E-state index in [9.17, 15) is 34.5 Å². The van der Waals surface area contributed by atoms with E-state index >= 15 is 0 Å². The number of aliphatic hydroxyl groups is 3. The molecule has 2 unspecified atom stereocenters. The topological polar surface area (TPSA) is 175 Å². The molecule has 240 valence electrons. The van der Waals surface area contributed by atoms with Crippen LogP contribution in [0.2, 0.25) is 0 Å². The van der Waals surface area contributed by atoms with Crippen molar-refractivity contribution in [1.82, 2.24) is 0 Å². The highest BCUT2D eigenvalue weighted by Crippen LogP contribution is 2.64. The molecule has 12 heteroatoms. The molecular formula is C32H40O12. The zero-order chi connectivity index (χ0) is 32.4. The van der Waals surface area contributed by atoms with Crippen LogP contribution in [0.15, 0.2) is 41.5 Å².